The summed E-state index contributed by atoms with van der Waals surface area (Å²) in [6, 6.07) is 10.9. The lowest BCUT2D eigenvalue weighted by molar-refractivity contribution is -0.123. The Bertz CT molecular complexity index is 1290. The van der Waals surface area contributed by atoms with Crippen molar-refractivity contribution in [2.24, 2.45) is 5.73 Å². The van der Waals surface area contributed by atoms with Crippen LogP contribution in [0.25, 0.3) is 0 Å². The average Bonchev–Trinajstić information content (AvgIpc) is 3.53. The minimum Gasteiger partial charge on any atom is -0.492 e. The number of carbonyl (C=O) groups excluding carboxylic acids is 3. The molecular weight excluding hydrogens is 497 g/mol. The van der Waals surface area contributed by atoms with Crippen molar-refractivity contribution in [3.8, 4) is 5.75 Å². The fraction of sp³-hybridized carbons (Fsp3) is 0.308. The van der Waals surface area contributed by atoms with Gasteiger partial charge in [0, 0.05) is 6.04 Å². The number of ether oxygens (including phenoxy) is 1. The molecule has 194 valence electrons. The molecule has 1 fully saturated rings. The molecule has 1 aliphatic carbocycles. The highest BCUT2D eigenvalue weighted by Crippen LogP contribution is 2.38. The van der Waals surface area contributed by atoms with Crippen molar-refractivity contribution < 1.29 is 23.5 Å². The fourth-order valence-corrected chi connectivity index (χ4v) is 5.19. The average molecular weight is 526 g/mol. The molecule has 0 radical (unpaired) electrons. The van der Waals surface area contributed by atoms with Gasteiger partial charge in [-0.2, -0.15) is 4.37 Å². The number of nitrogen functional groups attached to an aromatic ring is 1. The molecule has 1 saturated carbocycles. The highest BCUT2D eigenvalue weighted by molar-refractivity contribution is 7.09. The number of benzene rings is 2. The first-order valence-electron chi connectivity index (χ1n) is 12.0. The number of nitrogens with two attached hydrogens (primary N) is 2. The van der Waals surface area contributed by atoms with Gasteiger partial charge in [-0.25, -0.2) is 4.39 Å². The summed E-state index contributed by atoms with van der Waals surface area (Å²) < 4.78 is 23.6. The molecule has 5 N–H and O–H groups in total. The number of rotatable bonds is 9. The van der Waals surface area contributed by atoms with Gasteiger partial charge in [0.25, 0.3) is 11.8 Å². The Labute approximate surface area is 217 Å². The topological polar surface area (TPSA) is 141 Å². The normalized spacial score (nSPS) is 14.2. The van der Waals surface area contributed by atoms with Crippen LogP contribution in [0.15, 0.2) is 48.5 Å². The number of hydrogen-bond acceptors (Lipinski definition) is 7. The SMILES string of the molecule is CCOc1ccccc1N(C(=O)c1snc(C(N)=O)c1N)[C@H](C(=O)NC1CCCC1)c1ccc(F)cc1. The minimum atomic E-state index is -1.20. The van der Waals surface area contributed by atoms with Crippen LogP contribution in [0, 0.1) is 5.82 Å². The van der Waals surface area contributed by atoms with Crippen molar-refractivity contribution in [2.45, 2.75) is 44.7 Å². The number of amides is 3. The first-order chi connectivity index (χ1) is 17.8. The molecule has 0 spiro atoms. The molecule has 1 atom stereocenters. The van der Waals surface area contributed by atoms with Crippen LogP contribution in [0.5, 0.6) is 5.75 Å². The number of carbonyl (C=O) groups is 3. The summed E-state index contributed by atoms with van der Waals surface area (Å²) in [6.07, 6.45) is 3.65. The van der Waals surface area contributed by atoms with E-state index in [9.17, 15) is 18.8 Å². The molecular formula is C26H28FN5O4S. The Hall–Kier alpha value is -3.99. The molecule has 0 unspecified atom stereocenters. The Morgan fingerprint density at radius 3 is 2.46 bits per heavy atom. The lowest BCUT2D eigenvalue weighted by Gasteiger charge is -2.33. The van der Waals surface area contributed by atoms with E-state index in [0.29, 0.717) is 35.1 Å². The number of primary amides is 1. The van der Waals surface area contributed by atoms with E-state index in [1.54, 1.807) is 31.2 Å². The zero-order chi connectivity index (χ0) is 26.5. The Morgan fingerprint density at radius 2 is 1.84 bits per heavy atom. The third-order valence-electron chi connectivity index (χ3n) is 6.19. The van der Waals surface area contributed by atoms with Gasteiger partial charge in [-0.05, 0) is 61.1 Å². The van der Waals surface area contributed by atoms with Gasteiger partial charge in [-0.15, -0.1) is 0 Å². The zero-order valence-electron chi connectivity index (χ0n) is 20.3. The number of nitrogens with zero attached hydrogens (tertiary/aromatic N) is 2. The molecule has 0 aliphatic heterocycles. The molecule has 1 aromatic heterocycles. The van der Waals surface area contributed by atoms with Gasteiger partial charge < -0.3 is 21.5 Å². The standard InChI is InChI=1S/C26H28FN5O4S/c1-2-36-19-10-6-5-9-18(19)32(26(35)23-20(28)21(24(29)33)31-37-23)22(15-11-13-16(27)14-12-15)25(34)30-17-7-3-4-8-17/h5-6,9-14,17,22H,2-4,7-8,28H2,1H3,(H2,29,33)(H,30,34)/t22-/m0/s1. The van der Waals surface area contributed by atoms with Gasteiger partial charge in [0.15, 0.2) is 5.69 Å². The van der Waals surface area contributed by atoms with Crippen molar-refractivity contribution in [2.75, 3.05) is 17.2 Å². The Balaban J connectivity index is 1.89. The van der Waals surface area contributed by atoms with Gasteiger partial charge in [0.2, 0.25) is 5.91 Å². The highest BCUT2D eigenvalue weighted by Gasteiger charge is 2.38. The summed E-state index contributed by atoms with van der Waals surface area (Å²) >= 11 is 0.715. The Morgan fingerprint density at radius 1 is 1.16 bits per heavy atom. The summed E-state index contributed by atoms with van der Waals surface area (Å²) in [5, 5.41) is 3.05. The van der Waals surface area contributed by atoms with E-state index in [2.05, 4.69) is 9.69 Å². The van der Waals surface area contributed by atoms with Crippen LogP contribution in [-0.4, -0.2) is 34.7 Å². The predicted octanol–water partition coefficient (Wildman–Crippen LogP) is 3.81. The van der Waals surface area contributed by atoms with Gasteiger partial charge in [0.05, 0.1) is 18.0 Å². The van der Waals surface area contributed by atoms with Gasteiger partial charge >= 0.3 is 0 Å². The minimum absolute atomic E-state index is 0.0375. The molecule has 37 heavy (non-hydrogen) atoms. The lowest BCUT2D eigenvalue weighted by Crippen LogP contribution is -2.46. The van der Waals surface area contributed by atoms with Crippen LogP contribution in [0.4, 0.5) is 15.8 Å². The molecule has 1 heterocycles. The summed E-state index contributed by atoms with van der Waals surface area (Å²) in [6.45, 7) is 2.11. The Kier molecular flexibility index (Phi) is 8.02. The van der Waals surface area contributed by atoms with Crippen LogP contribution in [-0.2, 0) is 4.79 Å². The number of hydrogen-bond donors (Lipinski definition) is 3. The largest absolute Gasteiger partial charge is 0.492 e. The van der Waals surface area contributed by atoms with Crippen LogP contribution in [0.1, 0.15) is 64.4 Å². The van der Waals surface area contributed by atoms with E-state index in [1.807, 2.05) is 0 Å². The maximum atomic E-state index is 14.1. The van der Waals surface area contributed by atoms with E-state index in [-0.39, 0.29) is 22.3 Å². The first-order valence-corrected chi connectivity index (χ1v) is 12.7. The monoisotopic (exact) mass is 525 g/mol. The molecule has 3 aromatic rings. The quantitative estimate of drug-likeness (QED) is 0.388. The molecule has 0 saturated heterocycles. The van der Waals surface area contributed by atoms with E-state index < -0.39 is 29.6 Å². The number of halogens is 1. The van der Waals surface area contributed by atoms with Crippen molar-refractivity contribution in [3.05, 3.63) is 70.5 Å². The van der Waals surface area contributed by atoms with Crippen LogP contribution in [0.2, 0.25) is 0 Å². The van der Waals surface area contributed by atoms with Crippen LogP contribution < -0.4 is 26.4 Å². The first kappa shape index (κ1) is 26.1. The van der Waals surface area contributed by atoms with E-state index in [0.717, 1.165) is 25.7 Å². The molecule has 2 aromatic carbocycles. The maximum Gasteiger partial charge on any atom is 0.273 e. The highest BCUT2D eigenvalue weighted by atomic mass is 32.1. The van der Waals surface area contributed by atoms with Gasteiger partial charge in [-0.3, -0.25) is 19.3 Å². The van der Waals surface area contributed by atoms with Gasteiger partial charge in [0.1, 0.15) is 22.5 Å². The maximum absolute atomic E-state index is 14.1. The summed E-state index contributed by atoms with van der Waals surface area (Å²) in [4.78, 5) is 41.0. The summed E-state index contributed by atoms with van der Waals surface area (Å²) in [5.74, 6) is -2.11. The molecule has 9 nitrogen and oxygen atoms in total. The third-order valence-corrected chi connectivity index (χ3v) is 7.04. The molecule has 0 bridgehead atoms. The van der Waals surface area contributed by atoms with E-state index in [4.69, 9.17) is 16.2 Å². The van der Waals surface area contributed by atoms with Crippen molar-refractivity contribution in [1.29, 1.82) is 0 Å². The molecule has 4 rings (SSSR count). The molecule has 1 aliphatic rings. The fourth-order valence-electron chi connectivity index (χ4n) is 4.45. The smallest absolute Gasteiger partial charge is 0.273 e. The van der Waals surface area contributed by atoms with Crippen molar-refractivity contribution in [3.63, 3.8) is 0 Å². The number of aromatic nitrogens is 1. The zero-order valence-corrected chi connectivity index (χ0v) is 21.1. The van der Waals surface area contributed by atoms with Crippen molar-refractivity contribution >= 4 is 40.6 Å². The summed E-state index contributed by atoms with van der Waals surface area (Å²) in [7, 11) is 0. The van der Waals surface area contributed by atoms with E-state index >= 15 is 0 Å². The molecule has 3 amide bonds. The predicted molar refractivity (Wildman–Crippen MR) is 139 cm³/mol. The summed E-state index contributed by atoms with van der Waals surface area (Å²) in [5.41, 5.74) is 11.8. The number of anilines is 2. The second kappa shape index (κ2) is 11.4. The number of para-hydroxylation sites is 2. The number of nitrogens with one attached hydrogen (secondary N) is 1. The second-order valence-electron chi connectivity index (χ2n) is 8.66. The van der Waals surface area contributed by atoms with Crippen LogP contribution >= 0.6 is 11.5 Å². The van der Waals surface area contributed by atoms with Crippen LogP contribution in [0.3, 0.4) is 0 Å². The lowest BCUT2D eigenvalue weighted by atomic mass is 10.0. The van der Waals surface area contributed by atoms with E-state index in [1.165, 1.54) is 29.2 Å². The van der Waals surface area contributed by atoms with Gasteiger partial charge in [-0.1, -0.05) is 37.1 Å². The molecule has 11 heteroatoms. The third kappa shape index (κ3) is 5.56. The second-order valence-corrected chi connectivity index (χ2v) is 9.43. The van der Waals surface area contributed by atoms with Crippen molar-refractivity contribution in [1.82, 2.24) is 9.69 Å².